The Bertz CT molecular complexity index is 613. The molecule has 3 N–H and O–H groups in total. The van der Waals surface area contributed by atoms with E-state index >= 15 is 0 Å². The average molecular weight is 382 g/mol. The van der Waals surface area contributed by atoms with Gasteiger partial charge in [-0.05, 0) is 32.9 Å². The predicted octanol–water partition coefficient (Wildman–Crippen LogP) is 1.77. The Labute approximate surface area is 160 Å². The Balaban J connectivity index is 2.08. The molecule has 0 aliphatic carbocycles. The van der Waals surface area contributed by atoms with Gasteiger partial charge in [-0.1, -0.05) is 0 Å². The maximum atomic E-state index is 12.1. The third-order valence-corrected chi connectivity index (χ3v) is 3.20. The summed E-state index contributed by atoms with van der Waals surface area (Å²) in [6.07, 6.45) is 0.205. The molecular weight excluding hydrogens is 352 g/mol. The minimum atomic E-state index is -0.485. The molecule has 0 fully saturated rings. The fourth-order valence-electron chi connectivity index (χ4n) is 2.08. The quantitative estimate of drug-likeness (QED) is 0.341. The minimum Gasteiger partial charge on any atom is -0.497 e. The van der Waals surface area contributed by atoms with E-state index in [-0.39, 0.29) is 24.9 Å². The number of hydrogen-bond donors (Lipinski definition) is 2. The van der Waals surface area contributed by atoms with Crippen LogP contribution in [-0.4, -0.2) is 57.6 Å². The van der Waals surface area contributed by atoms with Gasteiger partial charge in [-0.3, -0.25) is 9.59 Å². The van der Waals surface area contributed by atoms with E-state index in [2.05, 4.69) is 5.32 Å². The van der Waals surface area contributed by atoms with Crippen LogP contribution in [0.5, 0.6) is 5.75 Å². The lowest BCUT2D eigenvalue weighted by atomic mass is 10.2. The minimum absolute atomic E-state index is 0.205. The molecular formula is C19H30N2O6. The van der Waals surface area contributed by atoms with Gasteiger partial charge in [-0.2, -0.15) is 0 Å². The highest BCUT2D eigenvalue weighted by Crippen LogP contribution is 2.18. The summed E-state index contributed by atoms with van der Waals surface area (Å²) in [4.78, 5) is 23.5. The molecule has 0 unspecified atom stereocenters. The van der Waals surface area contributed by atoms with Gasteiger partial charge in [0, 0.05) is 23.9 Å². The Kier molecular flexibility index (Phi) is 9.60. The molecule has 0 saturated carbocycles. The van der Waals surface area contributed by atoms with Crippen LogP contribution in [0.3, 0.4) is 0 Å². The number of carbonyl (C=O) groups is 2. The first-order valence-corrected chi connectivity index (χ1v) is 8.81. The van der Waals surface area contributed by atoms with Gasteiger partial charge in [0.05, 0.1) is 40.0 Å². The van der Waals surface area contributed by atoms with E-state index in [1.165, 1.54) is 7.11 Å². The van der Waals surface area contributed by atoms with E-state index in [1.54, 1.807) is 18.2 Å². The van der Waals surface area contributed by atoms with Gasteiger partial charge in [-0.25, -0.2) is 0 Å². The second-order valence-corrected chi connectivity index (χ2v) is 6.81. The van der Waals surface area contributed by atoms with Crippen molar-refractivity contribution in [2.24, 2.45) is 0 Å². The van der Waals surface area contributed by atoms with Crippen LogP contribution in [0.4, 0.5) is 5.69 Å². The lowest BCUT2D eigenvalue weighted by Gasteiger charge is -2.19. The molecule has 0 radical (unpaired) electrons. The summed E-state index contributed by atoms with van der Waals surface area (Å²) < 4.78 is 20.9. The van der Waals surface area contributed by atoms with E-state index in [4.69, 9.17) is 24.7 Å². The van der Waals surface area contributed by atoms with Crippen LogP contribution < -0.4 is 15.8 Å². The topological polar surface area (TPSA) is 109 Å². The zero-order valence-electron chi connectivity index (χ0n) is 16.5. The number of carbonyl (C=O) groups excluding carboxylic acids is 2. The van der Waals surface area contributed by atoms with Crippen LogP contribution in [0.25, 0.3) is 0 Å². The number of anilines is 1. The molecule has 1 aromatic carbocycles. The molecule has 27 heavy (non-hydrogen) atoms. The summed E-state index contributed by atoms with van der Waals surface area (Å²) in [5, 5.41) is 2.74. The summed E-state index contributed by atoms with van der Waals surface area (Å²) in [7, 11) is 1.51. The number of nitrogens with two attached hydrogens (primary N) is 1. The molecule has 0 saturated heterocycles. The Morgan fingerprint density at radius 1 is 1.04 bits per heavy atom. The van der Waals surface area contributed by atoms with Gasteiger partial charge >= 0.3 is 5.97 Å². The van der Waals surface area contributed by atoms with Gasteiger partial charge in [0.2, 0.25) is 0 Å². The van der Waals surface area contributed by atoms with Crippen molar-refractivity contribution in [3.63, 3.8) is 0 Å². The summed E-state index contributed by atoms with van der Waals surface area (Å²) in [6.45, 7) is 7.19. The third-order valence-electron chi connectivity index (χ3n) is 3.20. The van der Waals surface area contributed by atoms with Gasteiger partial charge in [0.1, 0.15) is 11.4 Å². The predicted molar refractivity (Wildman–Crippen MR) is 102 cm³/mol. The largest absolute Gasteiger partial charge is 0.497 e. The van der Waals surface area contributed by atoms with E-state index in [9.17, 15) is 9.59 Å². The third kappa shape index (κ3) is 10.4. The second kappa shape index (κ2) is 11.4. The first-order chi connectivity index (χ1) is 12.7. The normalized spacial score (nSPS) is 11.1. The molecule has 8 heteroatoms. The fraction of sp³-hybridized carbons (Fsp3) is 0.579. The number of hydrogen-bond acceptors (Lipinski definition) is 7. The van der Waals surface area contributed by atoms with Crippen LogP contribution in [0.15, 0.2) is 18.2 Å². The van der Waals surface area contributed by atoms with Crippen molar-refractivity contribution in [2.45, 2.75) is 32.8 Å². The SMILES string of the molecule is COc1cc(N)cc(C(=O)NCCOCCOCCC(=O)OC(C)(C)C)c1. The van der Waals surface area contributed by atoms with Gasteiger partial charge < -0.3 is 30.0 Å². The number of nitrogen functional groups attached to an aromatic ring is 1. The van der Waals surface area contributed by atoms with Gasteiger partial charge in [0.25, 0.3) is 5.91 Å². The lowest BCUT2D eigenvalue weighted by molar-refractivity contribution is -0.156. The maximum absolute atomic E-state index is 12.1. The number of nitrogens with one attached hydrogen (secondary N) is 1. The van der Waals surface area contributed by atoms with E-state index in [0.717, 1.165) is 0 Å². The number of rotatable bonds is 11. The standard InChI is InChI=1S/C19H30N2O6/c1-19(2,3)27-17(22)5-7-25-9-10-26-8-6-21-18(23)14-11-15(20)13-16(12-14)24-4/h11-13H,5-10,20H2,1-4H3,(H,21,23). The first kappa shape index (κ1) is 22.7. The highest BCUT2D eigenvalue weighted by Gasteiger charge is 2.15. The highest BCUT2D eigenvalue weighted by molar-refractivity contribution is 5.95. The molecule has 8 nitrogen and oxygen atoms in total. The van der Waals surface area contributed by atoms with Crippen LogP contribution in [0.2, 0.25) is 0 Å². The van der Waals surface area contributed by atoms with Crippen molar-refractivity contribution in [3.8, 4) is 5.75 Å². The Hall–Kier alpha value is -2.32. The van der Waals surface area contributed by atoms with Crippen molar-refractivity contribution in [2.75, 3.05) is 45.8 Å². The molecule has 1 aromatic rings. The molecule has 152 valence electrons. The van der Waals surface area contributed by atoms with Crippen molar-refractivity contribution in [1.29, 1.82) is 0 Å². The average Bonchev–Trinajstić information content (AvgIpc) is 2.57. The van der Waals surface area contributed by atoms with E-state index in [0.29, 0.717) is 43.4 Å². The molecule has 1 amide bonds. The molecule has 0 aromatic heterocycles. The van der Waals surface area contributed by atoms with Crippen molar-refractivity contribution in [3.05, 3.63) is 23.8 Å². The fourth-order valence-corrected chi connectivity index (χ4v) is 2.08. The van der Waals surface area contributed by atoms with E-state index in [1.807, 2.05) is 20.8 Å². The number of esters is 1. The first-order valence-electron chi connectivity index (χ1n) is 8.81. The number of ether oxygens (including phenoxy) is 4. The number of amides is 1. The Morgan fingerprint density at radius 3 is 2.33 bits per heavy atom. The lowest BCUT2D eigenvalue weighted by Crippen LogP contribution is -2.27. The number of methoxy groups -OCH3 is 1. The van der Waals surface area contributed by atoms with Gasteiger partial charge in [-0.15, -0.1) is 0 Å². The zero-order valence-corrected chi connectivity index (χ0v) is 16.5. The zero-order chi connectivity index (χ0) is 20.3. The van der Waals surface area contributed by atoms with E-state index < -0.39 is 5.60 Å². The maximum Gasteiger partial charge on any atom is 0.308 e. The smallest absolute Gasteiger partial charge is 0.308 e. The summed E-state index contributed by atoms with van der Waals surface area (Å²) in [6, 6.07) is 4.84. The monoisotopic (exact) mass is 382 g/mol. The summed E-state index contributed by atoms with van der Waals surface area (Å²) >= 11 is 0. The summed E-state index contributed by atoms with van der Waals surface area (Å²) in [5.41, 5.74) is 6.13. The van der Waals surface area contributed by atoms with Crippen LogP contribution in [-0.2, 0) is 19.0 Å². The second-order valence-electron chi connectivity index (χ2n) is 6.81. The molecule has 0 heterocycles. The van der Waals surface area contributed by atoms with Crippen LogP contribution >= 0.6 is 0 Å². The highest BCUT2D eigenvalue weighted by atomic mass is 16.6. The van der Waals surface area contributed by atoms with Gasteiger partial charge in [0.15, 0.2) is 0 Å². The van der Waals surface area contributed by atoms with Crippen LogP contribution in [0.1, 0.15) is 37.6 Å². The molecule has 0 atom stereocenters. The molecule has 1 rings (SSSR count). The van der Waals surface area contributed by atoms with Crippen molar-refractivity contribution in [1.82, 2.24) is 5.32 Å². The molecule has 0 aliphatic rings. The molecule has 0 bridgehead atoms. The summed E-state index contributed by atoms with van der Waals surface area (Å²) in [5.74, 6) is -0.0120. The van der Waals surface area contributed by atoms with Crippen molar-refractivity contribution >= 4 is 17.6 Å². The molecule has 0 spiro atoms. The van der Waals surface area contributed by atoms with Crippen LogP contribution in [0, 0.1) is 0 Å². The number of benzene rings is 1. The van der Waals surface area contributed by atoms with Crippen molar-refractivity contribution < 1.29 is 28.5 Å². The Morgan fingerprint density at radius 2 is 1.70 bits per heavy atom. The molecule has 0 aliphatic heterocycles.